The summed E-state index contributed by atoms with van der Waals surface area (Å²) in [6, 6.07) is 15.3. The molecule has 98 valence electrons. The molecule has 0 saturated carbocycles. The molecule has 0 saturated heterocycles. The number of nitrogens with one attached hydrogen (secondary N) is 1. The number of nitrogens with two attached hydrogens (primary N) is 1. The number of nitrogen functional groups attached to an aromatic ring is 1. The van der Waals surface area contributed by atoms with Crippen molar-refractivity contribution in [2.75, 3.05) is 11.1 Å². The van der Waals surface area contributed by atoms with E-state index in [1.165, 1.54) is 0 Å². The van der Waals surface area contributed by atoms with Crippen LogP contribution < -0.4 is 11.1 Å². The summed E-state index contributed by atoms with van der Waals surface area (Å²) in [7, 11) is 0. The van der Waals surface area contributed by atoms with E-state index in [2.05, 4.69) is 5.32 Å². The normalized spacial score (nSPS) is 11.9. The Morgan fingerprint density at radius 1 is 1.16 bits per heavy atom. The van der Waals surface area contributed by atoms with E-state index in [1.54, 1.807) is 0 Å². The van der Waals surface area contributed by atoms with Crippen molar-refractivity contribution in [3.05, 3.63) is 59.7 Å². The summed E-state index contributed by atoms with van der Waals surface area (Å²) in [6.07, 6.45) is 0. The van der Waals surface area contributed by atoms with Crippen LogP contribution in [0, 0.1) is 6.92 Å². The van der Waals surface area contributed by atoms with E-state index in [9.17, 15) is 4.79 Å². The summed E-state index contributed by atoms with van der Waals surface area (Å²) in [5.74, 6) is -0.261. The predicted molar refractivity (Wildman–Crippen MR) is 79.1 cm³/mol. The third kappa shape index (κ3) is 3.13. The Bertz CT molecular complexity index is 579. The molecule has 1 unspecified atom stereocenters. The van der Waals surface area contributed by atoms with Crippen molar-refractivity contribution in [1.82, 2.24) is 0 Å². The first-order valence-corrected chi connectivity index (χ1v) is 6.30. The number of rotatable bonds is 3. The second-order valence-electron chi connectivity index (χ2n) is 4.71. The van der Waals surface area contributed by atoms with Gasteiger partial charge >= 0.3 is 0 Å². The Kier molecular flexibility index (Phi) is 3.85. The predicted octanol–water partition coefficient (Wildman–Crippen LogP) is 3.32. The molecule has 3 nitrogen and oxygen atoms in total. The van der Waals surface area contributed by atoms with Gasteiger partial charge in [-0.2, -0.15) is 0 Å². The van der Waals surface area contributed by atoms with Gasteiger partial charge in [-0.3, -0.25) is 4.79 Å². The molecule has 2 aromatic carbocycles. The fourth-order valence-electron chi connectivity index (χ4n) is 1.93. The topological polar surface area (TPSA) is 55.1 Å². The van der Waals surface area contributed by atoms with Crippen LogP contribution in [0.15, 0.2) is 48.5 Å². The zero-order valence-electron chi connectivity index (χ0n) is 11.2. The van der Waals surface area contributed by atoms with Gasteiger partial charge in [-0.25, -0.2) is 0 Å². The average Bonchev–Trinajstić information content (AvgIpc) is 2.42. The maximum absolute atomic E-state index is 12.2. The highest BCUT2D eigenvalue weighted by Crippen LogP contribution is 2.22. The molecule has 2 aromatic rings. The zero-order chi connectivity index (χ0) is 13.8. The van der Waals surface area contributed by atoms with Crippen LogP contribution in [0.25, 0.3) is 0 Å². The summed E-state index contributed by atoms with van der Waals surface area (Å²) in [5.41, 5.74) is 9.22. The van der Waals surface area contributed by atoms with Crippen LogP contribution in [0.3, 0.4) is 0 Å². The molecule has 3 N–H and O–H groups in total. The Hall–Kier alpha value is -2.29. The SMILES string of the molecule is Cc1ccc(NC(=O)C(C)c2ccccc2)c(N)c1. The molecule has 0 radical (unpaired) electrons. The summed E-state index contributed by atoms with van der Waals surface area (Å²) in [4.78, 5) is 12.2. The Labute approximate surface area is 113 Å². The lowest BCUT2D eigenvalue weighted by atomic mass is 10.0. The minimum absolute atomic E-state index is 0.0539. The van der Waals surface area contributed by atoms with Crippen LogP contribution in [-0.2, 0) is 4.79 Å². The summed E-state index contributed by atoms with van der Waals surface area (Å²) in [5, 5.41) is 2.87. The lowest BCUT2D eigenvalue weighted by molar-refractivity contribution is -0.117. The van der Waals surface area contributed by atoms with Gasteiger partial charge in [0, 0.05) is 0 Å². The molecule has 1 atom stereocenters. The summed E-state index contributed by atoms with van der Waals surface area (Å²) in [6.45, 7) is 3.85. The molecule has 19 heavy (non-hydrogen) atoms. The van der Waals surface area contributed by atoms with Crippen LogP contribution >= 0.6 is 0 Å². The van der Waals surface area contributed by atoms with Crippen LogP contribution in [0.1, 0.15) is 24.0 Å². The Balaban J connectivity index is 2.13. The minimum Gasteiger partial charge on any atom is -0.397 e. The monoisotopic (exact) mass is 254 g/mol. The first kappa shape index (κ1) is 13.1. The molecule has 2 rings (SSSR count). The second-order valence-corrected chi connectivity index (χ2v) is 4.71. The van der Waals surface area contributed by atoms with Crippen molar-refractivity contribution in [2.45, 2.75) is 19.8 Å². The van der Waals surface area contributed by atoms with E-state index < -0.39 is 0 Å². The van der Waals surface area contributed by atoms with Gasteiger partial charge in [-0.15, -0.1) is 0 Å². The number of carbonyl (C=O) groups excluding carboxylic acids is 1. The number of benzene rings is 2. The third-order valence-corrected chi connectivity index (χ3v) is 3.16. The van der Waals surface area contributed by atoms with E-state index in [0.717, 1.165) is 11.1 Å². The molecule has 0 aromatic heterocycles. The van der Waals surface area contributed by atoms with Gasteiger partial charge < -0.3 is 11.1 Å². The van der Waals surface area contributed by atoms with Crippen LogP contribution in [0.4, 0.5) is 11.4 Å². The maximum Gasteiger partial charge on any atom is 0.231 e. The highest BCUT2D eigenvalue weighted by molar-refractivity contribution is 5.97. The quantitative estimate of drug-likeness (QED) is 0.825. The zero-order valence-corrected chi connectivity index (χ0v) is 11.2. The van der Waals surface area contributed by atoms with Crippen LogP contribution in [-0.4, -0.2) is 5.91 Å². The van der Waals surface area contributed by atoms with Crippen molar-refractivity contribution in [2.24, 2.45) is 0 Å². The van der Waals surface area contributed by atoms with Crippen molar-refractivity contribution in [3.8, 4) is 0 Å². The second kappa shape index (κ2) is 5.57. The largest absolute Gasteiger partial charge is 0.397 e. The number of hydrogen-bond acceptors (Lipinski definition) is 2. The summed E-state index contributed by atoms with van der Waals surface area (Å²) >= 11 is 0. The Morgan fingerprint density at radius 3 is 2.47 bits per heavy atom. The first-order chi connectivity index (χ1) is 9.08. The van der Waals surface area contributed by atoms with E-state index >= 15 is 0 Å². The molecule has 3 heteroatoms. The number of carbonyl (C=O) groups is 1. The van der Waals surface area contributed by atoms with E-state index in [1.807, 2.05) is 62.4 Å². The van der Waals surface area contributed by atoms with E-state index in [4.69, 9.17) is 5.73 Å². The molecule has 0 aliphatic carbocycles. The molecule has 0 spiro atoms. The fourth-order valence-corrected chi connectivity index (χ4v) is 1.93. The van der Waals surface area contributed by atoms with E-state index in [-0.39, 0.29) is 11.8 Å². The molecule has 0 aliphatic heterocycles. The van der Waals surface area contributed by atoms with Gasteiger partial charge in [-0.05, 0) is 37.1 Å². The lowest BCUT2D eigenvalue weighted by Crippen LogP contribution is -2.19. The summed E-state index contributed by atoms with van der Waals surface area (Å²) < 4.78 is 0. The smallest absolute Gasteiger partial charge is 0.231 e. The molecular formula is C16H18N2O. The number of amides is 1. The standard InChI is InChI=1S/C16H18N2O/c1-11-8-9-15(14(17)10-11)18-16(19)12(2)13-6-4-3-5-7-13/h3-10,12H,17H2,1-2H3,(H,18,19). The van der Waals surface area contributed by atoms with Crippen molar-refractivity contribution in [3.63, 3.8) is 0 Å². The lowest BCUT2D eigenvalue weighted by Gasteiger charge is -2.14. The Morgan fingerprint density at radius 2 is 1.84 bits per heavy atom. The highest BCUT2D eigenvalue weighted by Gasteiger charge is 2.15. The average molecular weight is 254 g/mol. The molecule has 0 bridgehead atoms. The van der Waals surface area contributed by atoms with Gasteiger partial charge in [0.05, 0.1) is 17.3 Å². The number of aryl methyl sites for hydroxylation is 1. The minimum atomic E-state index is -0.207. The highest BCUT2D eigenvalue weighted by atomic mass is 16.1. The number of hydrogen-bond donors (Lipinski definition) is 2. The van der Waals surface area contributed by atoms with E-state index in [0.29, 0.717) is 11.4 Å². The molecule has 0 aliphatic rings. The molecule has 1 amide bonds. The van der Waals surface area contributed by atoms with Crippen LogP contribution in [0.2, 0.25) is 0 Å². The maximum atomic E-state index is 12.2. The van der Waals surface area contributed by atoms with Crippen molar-refractivity contribution < 1.29 is 4.79 Å². The van der Waals surface area contributed by atoms with Gasteiger partial charge in [0.1, 0.15) is 0 Å². The first-order valence-electron chi connectivity index (χ1n) is 6.30. The van der Waals surface area contributed by atoms with Gasteiger partial charge in [0.15, 0.2) is 0 Å². The number of anilines is 2. The van der Waals surface area contributed by atoms with Crippen LogP contribution in [0.5, 0.6) is 0 Å². The third-order valence-electron chi connectivity index (χ3n) is 3.16. The van der Waals surface area contributed by atoms with Gasteiger partial charge in [0.2, 0.25) is 5.91 Å². The van der Waals surface area contributed by atoms with Gasteiger partial charge in [0.25, 0.3) is 0 Å². The molecule has 0 fully saturated rings. The molecule has 0 heterocycles. The van der Waals surface area contributed by atoms with Gasteiger partial charge in [-0.1, -0.05) is 36.4 Å². The van der Waals surface area contributed by atoms with Crippen molar-refractivity contribution in [1.29, 1.82) is 0 Å². The van der Waals surface area contributed by atoms with Crippen molar-refractivity contribution >= 4 is 17.3 Å². The fraction of sp³-hybridized carbons (Fsp3) is 0.188. The molecular weight excluding hydrogens is 236 g/mol.